The molecule has 0 saturated heterocycles. The highest BCUT2D eigenvalue weighted by molar-refractivity contribution is 6.29. The van der Waals surface area contributed by atoms with Crippen LogP contribution in [0.1, 0.15) is 11.9 Å². The molecule has 20 heavy (non-hydrogen) atoms. The largest absolute Gasteiger partial charge is 0.485 e. The summed E-state index contributed by atoms with van der Waals surface area (Å²) in [6, 6.07) is 9.18. The average molecular weight is 289 g/mol. The summed E-state index contributed by atoms with van der Waals surface area (Å²) in [6.07, 6.45) is 1.25. The quantitative estimate of drug-likeness (QED) is 0.643. The molecule has 1 unspecified atom stereocenters. The summed E-state index contributed by atoms with van der Waals surface area (Å²) in [7, 11) is 0. The number of para-hydroxylation sites is 2. The molecule has 1 atom stereocenters. The van der Waals surface area contributed by atoms with Gasteiger partial charge in [-0.1, -0.05) is 23.7 Å². The van der Waals surface area contributed by atoms with Gasteiger partial charge in [0.15, 0.2) is 29.1 Å². The topological polar surface area (TPSA) is 61.5 Å². The molecule has 100 valence electrons. The number of ether oxygens (including phenoxy) is 2. The molecule has 3 aromatic rings. The van der Waals surface area contributed by atoms with Crippen LogP contribution in [0.2, 0.25) is 5.15 Å². The number of rotatable bonds is 1. The Morgan fingerprint density at radius 2 is 2.05 bits per heavy atom. The molecule has 0 bridgehead atoms. The summed E-state index contributed by atoms with van der Waals surface area (Å²) in [4.78, 5) is 4.03. The van der Waals surface area contributed by atoms with Gasteiger partial charge in [-0.05, 0) is 12.1 Å². The summed E-state index contributed by atoms with van der Waals surface area (Å²) >= 11 is 5.83. The van der Waals surface area contributed by atoms with Crippen LogP contribution in [0.3, 0.4) is 0 Å². The van der Waals surface area contributed by atoms with Crippen molar-refractivity contribution in [2.75, 3.05) is 6.61 Å². The molecule has 6 nitrogen and oxygen atoms in total. The minimum absolute atomic E-state index is 0.331. The lowest BCUT2D eigenvalue weighted by Gasteiger charge is -2.25. The van der Waals surface area contributed by atoms with Crippen molar-refractivity contribution >= 4 is 17.2 Å². The van der Waals surface area contributed by atoms with E-state index in [-0.39, 0.29) is 6.10 Å². The number of hydrogen-bond donors (Lipinski definition) is 0. The van der Waals surface area contributed by atoms with Gasteiger partial charge in [-0.15, -0.1) is 10.2 Å². The molecule has 0 saturated carbocycles. The van der Waals surface area contributed by atoms with Crippen molar-refractivity contribution < 1.29 is 9.47 Å². The predicted octanol–water partition coefficient (Wildman–Crippen LogP) is 2.29. The Morgan fingerprint density at radius 3 is 2.95 bits per heavy atom. The van der Waals surface area contributed by atoms with Crippen LogP contribution < -0.4 is 9.47 Å². The van der Waals surface area contributed by atoms with Crippen LogP contribution in [0.15, 0.2) is 36.7 Å². The first-order chi connectivity index (χ1) is 9.81. The normalized spacial score (nSPS) is 17.4. The van der Waals surface area contributed by atoms with Crippen molar-refractivity contribution in [1.29, 1.82) is 0 Å². The molecule has 0 spiro atoms. The zero-order valence-corrected chi connectivity index (χ0v) is 11.0. The fourth-order valence-electron chi connectivity index (χ4n) is 2.16. The second-order valence-corrected chi connectivity index (χ2v) is 4.75. The van der Waals surface area contributed by atoms with Gasteiger partial charge in [0.2, 0.25) is 0 Å². The predicted molar refractivity (Wildman–Crippen MR) is 71.1 cm³/mol. The molecule has 0 N–H and O–H groups in total. The minimum atomic E-state index is -0.331. The third kappa shape index (κ3) is 1.77. The first-order valence-corrected chi connectivity index (χ1v) is 6.44. The van der Waals surface area contributed by atoms with Crippen LogP contribution in [-0.2, 0) is 0 Å². The molecule has 1 aromatic carbocycles. The number of benzene rings is 1. The molecule has 4 rings (SSSR count). The molecule has 2 aromatic heterocycles. The van der Waals surface area contributed by atoms with Crippen molar-refractivity contribution in [3.05, 3.63) is 47.6 Å². The Hall–Kier alpha value is -2.34. The lowest BCUT2D eigenvalue weighted by atomic mass is 10.2. The van der Waals surface area contributed by atoms with E-state index in [0.29, 0.717) is 29.0 Å². The number of aromatic nitrogens is 4. The van der Waals surface area contributed by atoms with Crippen LogP contribution in [0, 0.1) is 0 Å². The van der Waals surface area contributed by atoms with Crippen molar-refractivity contribution in [3.8, 4) is 11.5 Å². The molecule has 1 aliphatic heterocycles. The molecular formula is C13H9ClN4O2. The number of fused-ring (bicyclic) bond motifs is 2. The summed E-state index contributed by atoms with van der Waals surface area (Å²) in [6.45, 7) is 0.375. The van der Waals surface area contributed by atoms with Crippen LogP contribution in [0.5, 0.6) is 11.5 Å². The Kier molecular flexibility index (Phi) is 2.50. The molecule has 1 aliphatic rings. The van der Waals surface area contributed by atoms with Gasteiger partial charge in [0.25, 0.3) is 0 Å². The van der Waals surface area contributed by atoms with E-state index in [9.17, 15) is 0 Å². The average Bonchev–Trinajstić information content (AvgIpc) is 2.89. The van der Waals surface area contributed by atoms with Gasteiger partial charge < -0.3 is 9.47 Å². The molecule has 7 heteroatoms. The zero-order chi connectivity index (χ0) is 13.5. The SMILES string of the molecule is Clc1cc2nnc(C3COc4ccccc4O3)n2cn1. The molecule has 0 amide bonds. The second kappa shape index (κ2) is 4.35. The Morgan fingerprint density at radius 1 is 1.20 bits per heavy atom. The van der Waals surface area contributed by atoms with Gasteiger partial charge in [-0.3, -0.25) is 4.40 Å². The second-order valence-electron chi connectivity index (χ2n) is 4.36. The zero-order valence-electron chi connectivity index (χ0n) is 10.2. The molecule has 0 fully saturated rings. The maximum Gasteiger partial charge on any atom is 0.192 e. The molecule has 0 radical (unpaired) electrons. The maximum absolute atomic E-state index is 5.91. The van der Waals surface area contributed by atoms with E-state index in [0.717, 1.165) is 5.75 Å². The molecule has 3 heterocycles. The Balaban J connectivity index is 1.74. The fourth-order valence-corrected chi connectivity index (χ4v) is 2.30. The van der Waals surface area contributed by atoms with Gasteiger partial charge in [0.1, 0.15) is 18.1 Å². The third-order valence-electron chi connectivity index (χ3n) is 3.09. The van der Waals surface area contributed by atoms with E-state index in [1.807, 2.05) is 24.3 Å². The number of hydrogen-bond acceptors (Lipinski definition) is 5. The number of halogens is 1. The van der Waals surface area contributed by atoms with Gasteiger partial charge >= 0.3 is 0 Å². The monoisotopic (exact) mass is 288 g/mol. The highest BCUT2D eigenvalue weighted by atomic mass is 35.5. The summed E-state index contributed by atoms with van der Waals surface area (Å²) in [5.41, 5.74) is 0.627. The number of nitrogens with zero attached hydrogens (tertiary/aromatic N) is 4. The molecule has 0 aliphatic carbocycles. The van der Waals surface area contributed by atoms with Crippen molar-refractivity contribution in [1.82, 2.24) is 19.6 Å². The summed E-state index contributed by atoms with van der Waals surface area (Å²) in [5, 5.41) is 8.58. The van der Waals surface area contributed by atoms with E-state index >= 15 is 0 Å². The smallest absolute Gasteiger partial charge is 0.192 e. The van der Waals surface area contributed by atoms with E-state index in [1.54, 1.807) is 16.8 Å². The van der Waals surface area contributed by atoms with E-state index < -0.39 is 0 Å². The van der Waals surface area contributed by atoms with E-state index in [2.05, 4.69) is 15.2 Å². The van der Waals surface area contributed by atoms with Gasteiger partial charge in [-0.2, -0.15) is 0 Å². The highest BCUT2D eigenvalue weighted by Crippen LogP contribution is 2.35. The van der Waals surface area contributed by atoms with E-state index in [1.165, 1.54) is 0 Å². The maximum atomic E-state index is 5.91. The van der Waals surface area contributed by atoms with Crippen molar-refractivity contribution in [3.63, 3.8) is 0 Å². The van der Waals surface area contributed by atoms with Crippen LogP contribution in [0.4, 0.5) is 0 Å². The summed E-state index contributed by atoms with van der Waals surface area (Å²) in [5.74, 6) is 2.07. The third-order valence-corrected chi connectivity index (χ3v) is 3.30. The van der Waals surface area contributed by atoms with E-state index in [4.69, 9.17) is 21.1 Å². The van der Waals surface area contributed by atoms with Crippen molar-refractivity contribution in [2.24, 2.45) is 0 Å². The van der Waals surface area contributed by atoms with Crippen LogP contribution in [-0.4, -0.2) is 26.2 Å². The van der Waals surface area contributed by atoms with Gasteiger partial charge in [0.05, 0.1) is 0 Å². The Bertz CT molecular complexity index is 789. The van der Waals surface area contributed by atoms with Crippen LogP contribution >= 0.6 is 11.6 Å². The summed E-state index contributed by atoms with van der Waals surface area (Å²) < 4.78 is 13.3. The first kappa shape index (κ1) is 11.5. The first-order valence-electron chi connectivity index (χ1n) is 6.06. The van der Waals surface area contributed by atoms with Crippen molar-refractivity contribution in [2.45, 2.75) is 6.10 Å². The lowest BCUT2D eigenvalue weighted by Crippen LogP contribution is -2.23. The van der Waals surface area contributed by atoms with Crippen LogP contribution in [0.25, 0.3) is 5.65 Å². The van der Waals surface area contributed by atoms with Gasteiger partial charge in [0, 0.05) is 6.07 Å². The lowest BCUT2D eigenvalue weighted by molar-refractivity contribution is 0.0843. The van der Waals surface area contributed by atoms with Gasteiger partial charge in [-0.25, -0.2) is 4.98 Å². The highest BCUT2D eigenvalue weighted by Gasteiger charge is 2.26. The Labute approximate surface area is 118 Å². The fraction of sp³-hybridized carbons (Fsp3) is 0.154. The molecular weight excluding hydrogens is 280 g/mol. The minimum Gasteiger partial charge on any atom is -0.485 e. The standard InChI is InChI=1S/C13H9ClN4O2/c14-11-5-12-16-17-13(18(12)7-15-11)10-6-19-8-3-1-2-4-9(8)20-10/h1-5,7,10H,6H2.